The first kappa shape index (κ1) is 12.1. The molecule has 2 aromatic rings. The number of anilines is 2. The third-order valence-corrected chi connectivity index (χ3v) is 2.53. The summed E-state index contributed by atoms with van der Waals surface area (Å²) in [4.78, 5) is 16.0. The van der Waals surface area contributed by atoms with Crippen LogP contribution in [0.3, 0.4) is 0 Å². The minimum atomic E-state index is -0.227. The van der Waals surface area contributed by atoms with Crippen LogP contribution in [0.4, 0.5) is 11.4 Å². The molecule has 1 amide bonds. The van der Waals surface area contributed by atoms with Crippen LogP contribution in [-0.2, 0) is 6.54 Å². The highest BCUT2D eigenvalue weighted by Crippen LogP contribution is 2.16. The molecule has 18 heavy (non-hydrogen) atoms. The number of rotatable bonds is 3. The van der Waals surface area contributed by atoms with Gasteiger partial charge in [0.2, 0.25) is 0 Å². The quantitative estimate of drug-likeness (QED) is 0.856. The molecule has 0 fully saturated rings. The molecule has 0 radical (unpaired) electrons. The van der Waals surface area contributed by atoms with E-state index in [9.17, 15) is 4.79 Å². The molecule has 2 heterocycles. The molecule has 2 aromatic heterocycles. The molecule has 94 valence electrons. The van der Waals surface area contributed by atoms with Crippen molar-refractivity contribution in [3.05, 3.63) is 35.9 Å². The maximum Gasteiger partial charge on any atom is 0.273 e. The molecule has 0 saturated carbocycles. The van der Waals surface area contributed by atoms with Gasteiger partial charge in [0.15, 0.2) is 0 Å². The number of pyridine rings is 1. The number of carbonyl (C=O) groups is 1. The number of hydrogen-bond acceptors (Lipinski definition) is 4. The van der Waals surface area contributed by atoms with Crippen molar-refractivity contribution in [2.45, 2.75) is 20.4 Å². The van der Waals surface area contributed by atoms with Crippen molar-refractivity contribution in [1.29, 1.82) is 0 Å². The van der Waals surface area contributed by atoms with Crippen LogP contribution in [0.5, 0.6) is 0 Å². The molecular weight excluding hydrogens is 230 g/mol. The first-order valence-corrected chi connectivity index (χ1v) is 5.67. The molecule has 2 rings (SSSR count). The van der Waals surface area contributed by atoms with E-state index in [1.807, 2.05) is 13.8 Å². The van der Waals surface area contributed by atoms with E-state index in [2.05, 4.69) is 15.4 Å². The molecule has 0 saturated heterocycles. The van der Waals surface area contributed by atoms with Crippen LogP contribution in [0.1, 0.15) is 23.1 Å². The Balaban J connectivity index is 2.25. The number of aryl methyl sites for hydroxylation is 2. The van der Waals surface area contributed by atoms with E-state index >= 15 is 0 Å². The molecule has 6 heteroatoms. The zero-order valence-corrected chi connectivity index (χ0v) is 10.3. The summed E-state index contributed by atoms with van der Waals surface area (Å²) >= 11 is 0. The Morgan fingerprint density at radius 3 is 3.00 bits per heavy atom. The number of hydrogen-bond donors (Lipinski definition) is 2. The fourth-order valence-electron chi connectivity index (χ4n) is 1.68. The van der Waals surface area contributed by atoms with Crippen LogP contribution in [0.25, 0.3) is 0 Å². The molecule has 0 spiro atoms. The zero-order chi connectivity index (χ0) is 13.1. The van der Waals surface area contributed by atoms with E-state index in [1.165, 1.54) is 6.20 Å². The molecule has 6 nitrogen and oxygen atoms in total. The van der Waals surface area contributed by atoms with Gasteiger partial charge in [-0.1, -0.05) is 0 Å². The molecule has 0 aliphatic heterocycles. The van der Waals surface area contributed by atoms with Gasteiger partial charge >= 0.3 is 0 Å². The van der Waals surface area contributed by atoms with E-state index in [0.29, 0.717) is 23.6 Å². The number of nitrogen functional groups attached to an aromatic ring is 1. The maximum atomic E-state index is 12.1. The fourth-order valence-corrected chi connectivity index (χ4v) is 1.68. The van der Waals surface area contributed by atoms with Gasteiger partial charge in [0.1, 0.15) is 5.69 Å². The van der Waals surface area contributed by atoms with Gasteiger partial charge in [0, 0.05) is 12.7 Å². The smallest absolute Gasteiger partial charge is 0.273 e. The standard InChI is InChI=1S/C12H15N5O/c1-3-17-11(6-8(2)16-17)12(18)15-10-4-5-14-7-9(10)13/h4-7H,3,13H2,1-2H3,(H,14,15,18). The van der Waals surface area contributed by atoms with Crippen molar-refractivity contribution in [2.24, 2.45) is 0 Å². The van der Waals surface area contributed by atoms with E-state index in [-0.39, 0.29) is 5.91 Å². The zero-order valence-electron chi connectivity index (χ0n) is 10.3. The highest BCUT2D eigenvalue weighted by molar-refractivity contribution is 6.04. The van der Waals surface area contributed by atoms with Crippen molar-refractivity contribution in [2.75, 3.05) is 11.1 Å². The number of nitrogens with zero attached hydrogens (tertiary/aromatic N) is 3. The second kappa shape index (κ2) is 4.87. The van der Waals surface area contributed by atoms with Crippen molar-refractivity contribution >= 4 is 17.3 Å². The lowest BCUT2D eigenvalue weighted by Gasteiger charge is -2.08. The average molecular weight is 245 g/mol. The number of amides is 1. The van der Waals surface area contributed by atoms with E-state index < -0.39 is 0 Å². The van der Waals surface area contributed by atoms with Crippen LogP contribution in [0.15, 0.2) is 24.5 Å². The second-order valence-corrected chi connectivity index (χ2v) is 3.90. The number of nitrogens with two attached hydrogens (primary N) is 1. The fraction of sp³-hybridized carbons (Fsp3) is 0.250. The summed E-state index contributed by atoms with van der Waals surface area (Å²) in [5.74, 6) is -0.227. The van der Waals surface area contributed by atoms with Crippen molar-refractivity contribution in [3.8, 4) is 0 Å². The van der Waals surface area contributed by atoms with E-state index in [4.69, 9.17) is 5.73 Å². The lowest BCUT2D eigenvalue weighted by Crippen LogP contribution is -2.18. The molecule has 0 aliphatic carbocycles. The first-order valence-electron chi connectivity index (χ1n) is 5.67. The summed E-state index contributed by atoms with van der Waals surface area (Å²) < 4.78 is 1.65. The highest BCUT2D eigenvalue weighted by Gasteiger charge is 2.14. The van der Waals surface area contributed by atoms with E-state index in [0.717, 1.165) is 5.69 Å². The molecular formula is C12H15N5O. The normalized spacial score (nSPS) is 10.3. The number of aromatic nitrogens is 3. The van der Waals surface area contributed by atoms with Crippen molar-refractivity contribution in [1.82, 2.24) is 14.8 Å². The summed E-state index contributed by atoms with van der Waals surface area (Å²) in [5.41, 5.74) is 8.04. The lowest BCUT2D eigenvalue weighted by molar-refractivity contribution is 0.101. The number of carbonyl (C=O) groups excluding carboxylic acids is 1. The van der Waals surface area contributed by atoms with Gasteiger partial charge < -0.3 is 11.1 Å². The molecule has 0 bridgehead atoms. The average Bonchev–Trinajstić information content (AvgIpc) is 2.73. The van der Waals surface area contributed by atoms with Gasteiger partial charge in [-0.15, -0.1) is 0 Å². The molecule has 0 atom stereocenters. The van der Waals surface area contributed by atoms with Gasteiger partial charge in [0.05, 0.1) is 23.3 Å². The summed E-state index contributed by atoms with van der Waals surface area (Å²) in [6.45, 7) is 4.43. The van der Waals surface area contributed by atoms with Crippen molar-refractivity contribution < 1.29 is 4.79 Å². The lowest BCUT2D eigenvalue weighted by atomic mass is 10.3. The summed E-state index contributed by atoms with van der Waals surface area (Å²) in [6, 6.07) is 3.41. The van der Waals surface area contributed by atoms with Gasteiger partial charge in [-0.05, 0) is 26.0 Å². The summed E-state index contributed by atoms with van der Waals surface area (Å²) in [7, 11) is 0. The van der Waals surface area contributed by atoms with Gasteiger partial charge in [-0.3, -0.25) is 14.5 Å². The van der Waals surface area contributed by atoms with Gasteiger partial charge in [0.25, 0.3) is 5.91 Å². The van der Waals surface area contributed by atoms with Gasteiger partial charge in [-0.25, -0.2) is 0 Å². The van der Waals surface area contributed by atoms with E-state index in [1.54, 1.807) is 23.0 Å². The first-order chi connectivity index (χ1) is 8.61. The Bertz CT molecular complexity index is 576. The Labute approximate surface area is 105 Å². The Kier molecular flexibility index (Phi) is 3.27. The monoisotopic (exact) mass is 245 g/mol. The minimum absolute atomic E-state index is 0.227. The Morgan fingerprint density at radius 1 is 1.56 bits per heavy atom. The molecule has 0 aromatic carbocycles. The minimum Gasteiger partial charge on any atom is -0.396 e. The van der Waals surface area contributed by atoms with Gasteiger partial charge in [-0.2, -0.15) is 5.10 Å². The van der Waals surface area contributed by atoms with Crippen LogP contribution in [-0.4, -0.2) is 20.7 Å². The molecule has 3 N–H and O–H groups in total. The second-order valence-electron chi connectivity index (χ2n) is 3.90. The predicted molar refractivity (Wildman–Crippen MR) is 69.2 cm³/mol. The molecule has 0 aliphatic rings. The summed E-state index contributed by atoms with van der Waals surface area (Å²) in [5, 5.41) is 6.98. The third-order valence-electron chi connectivity index (χ3n) is 2.53. The Morgan fingerprint density at radius 2 is 2.33 bits per heavy atom. The van der Waals surface area contributed by atoms with Crippen LogP contribution < -0.4 is 11.1 Å². The predicted octanol–water partition coefficient (Wildman–Crippen LogP) is 1.44. The van der Waals surface area contributed by atoms with Crippen LogP contribution in [0, 0.1) is 6.92 Å². The van der Waals surface area contributed by atoms with Crippen LogP contribution in [0.2, 0.25) is 0 Å². The SMILES string of the molecule is CCn1nc(C)cc1C(=O)Nc1ccncc1N. The topological polar surface area (TPSA) is 85.8 Å². The maximum absolute atomic E-state index is 12.1. The van der Waals surface area contributed by atoms with Crippen LogP contribution >= 0.6 is 0 Å². The third kappa shape index (κ3) is 2.32. The number of nitrogens with one attached hydrogen (secondary N) is 1. The Hall–Kier alpha value is -2.37. The molecule has 0 unspecified atom stereocenters. The van der Waals surface area contributed by atoms with Crippen molar-refractivity contribution in [3.63, 3.8) is 0 Å². The summed E-state index contributed by atoms with van der Waals surface area (Å²) in [6.07, 6.45) is 3.08. The largest absolute Gasteiger partial charge is 0.396 e. The highest BCUT2D eigenvalue weighted by atomic mass is 16.2.